The summed E-state index contributed by atoms with van der Waals surface area (Å²) < 4.78 is 41.0. The van der Waals surface area contributed by atoms with Crippen LogP contribution in [0.1, 0.15) is 50.2 Å². The molecule has 2 aromatic carbocycles. The number of imidazole rings is 1. The lowest BCUT2D eigenvalue weighted by molar-refractivity contribution is 0.264. The Bertz CT molecular complexity index is 1300. The molecule has 9 heteroatoms. The summed E-state index contributed by atoms with van der Waals surface area (Å²) in [5, 5.41) is 0.992. The smallest absolute Gasteiger partial charge is 0.211 e. The fourth-order valence-electron chi connectivity index (χ4n) is 4.78. The van der Waals surface area contributed by atoms with Crippen LogP contribution >= 0.6 is 23.2 Å². The summed E-state index contributed by atoms with van der Waals surface area (Å²) in [7, 11) is -3.14. The number of hydrogen-bond donors (Lipinski definition) is 0. The van der Waals surface area contributed by atoms with E-state index in [2.05, 4.69) is 18.4 Å². The number of piperidine rings is 1. The summed E-state index contributed by atoms with van der Waals surface area (Å²) >= 11 is 12.5. The molecule has 4 rings (SSSR count). The van der Waals surface area contributed by atoms with Crippen LogP contribution in [-0.4, -0.2) is 41.6 Å². The first-order valence-electron chi connectivity index (χ1n) is 11.7. The Balaban J connectivity index is 1.63. The summed E-state index contributed by atoms with van der Waals surface area (Å²) in [4.78, 5) is 4.79. The van der Waals surface area contributed by atoms with Crippen molar-refractivity contribution in [3.8, 4) is 5.69 Å². The minimum Gasteiger partial charge on any atom is -0.300 e. The van der Waals surface area contributed by atoms with Crippen molar-refractivity contribution in [2.24, 2.45) is 5.92 Å². The number of sulfonamides is 1. The van der Waals surface area contributed by atoms with Gasteiger partial charge in [-0.25, -0.2) is 22.1 Å². The number of rotatable bonds is 7. The number of hydrogen-bond acceptors (Lipinski definition) is 3. The Labute approximate surface area is 216 Å². The van der Waals surface area contributed by atoms with E-state index < -0.39 is 15.4 Å². The summed E-state index contributed by atoms with van der Waals surface area (Å²) in [5.41, 5.74) is 2.35. The second-order valence-corrected chi connectivity index (χ2v) is 12.6. The number of aryl methyl sites for hydroxylation is 1. The minimum absolute atomic E-state index is 0.293. The topological polar surface area (TPSA) is 55.2 Å². The van der Waals surface area contributed by atoms with E-state index in [0.717, 1.165) is 48.5 Å². The Morgan fingerprint density at radius 1 is 1.06 bits per heavy atom. The van der Waals surface area contributed by atoms with E-state index in [0.29, 0.717) is 29.1 Å². The van der Waals surface area contributed by atoms with Crippen molar-refractivity contribution in [3.05, 3.63) is 81.6 Å². The Hall–Kier alpha value is -1.93. The first-order chi connectivity index (χ1) is 16.5. The molecule has 0 spiro atoms. The van der Waals surface area contributed by atoms with Crippen molar-refractivity contribution >= 4 is 33.2 Å². The molecule has 2 heterocycles. The van der Waals surface area contributed by atoms with Gasteiger partial charge in [-0.3, -0.25) is 4.57 Å². The second-order valence-electron chi connectivity index (χ2n) is 9.77. The van der Waals surface area contributed by atoms with Gasteiger partial charge in [0.15, 0.2) is 0 Å². The molecule has 1 aliphatic rings. The fraction of sp³-hybridized carbons (Fsp3) is 0.423. The van der Waals surface area contributed by atoms with Crippen molar-refractivity contribution in [2.45, 2.75) is 44.9 Å². The van der Waals surface area contributed by atoms with E-state index in [1.807, 2.05) is 18.3 Å². The van der Waals surface area contributed by atoms with Crippen LogP contribution in [0, 0.1) is 11.7 Å². The monoisotopic (exact) mass is 537 g/mol. The molecule has 0 bridgehead atoms. The highest BCUT2D eigenvalue weighted by Crippen LogP contribution is 2.37. The maximum absolute atomic E-state index is 13.7. The van der Waals surface area contributed by atoms with Gasteiger partial charge in [-0.05, 0) is 67.1 Å². The second kappa shape index (κ2) is 10.2. The maximum atomic E-state index is 13.7. The van der Waals surface area contributed by atoms with Gasteiger partial charge in [0.05, 0.1) is 22.0 Å². The largest absolute Gasteiger partial charge is 0.300 e. The number of nitrogens with zero attached hydrogens (tertiary/aromatic N) is 3. The van der Waals surface area contributed by atoms with Crippen molar-refractivity contribution in [2.75, 3.05) is 19.3 Å². The molecule has 0 unspecified atom stereocenters. The summed E-state index contributed by atoms with van der Waals surface area (Å²) in [6, 6.07) is 12.1. The molecule has 0 radical (unpaired) electrons. The Morgan fingerprint density at radius 3 is 2.31 bits per heavy atom. The van der Waals surface area contributed by atoms with E-state index in [-0.39, 0.29) is 5.82 Å². The van der Waals surface area contributed by atoms with E-state index in [4.69, 9.17) is 28.2 Å². The Morgan fingerprint density at radius 2 is 1.71 bits per heavy atom. The quantitative estimate of drug-likeness (QED) is 0.358. The molecule has 1 aromatic heterocycles. The van der Waals surface area contributed by atoms with Crippen LogP contribution in [0.5, 0.6) is 0 Å². The third kappa shape index (κ3) is 5.74. The minimum atomic E-state index is -3.14. The first-order valence-corrected chi connectivity index (χ1v) is 14.3. The van der Waals surface area contributed by atoms with Gasteiger partial charge in [0.1, 0.15) is 11.6 Å². The molecule has 3 aromatic rings. The van der Waals surface area contributed by atoms with E-state index in [9.17, 15) is 12.8 Å². The fourth-order valence-corrected chi connectivity index (χ4v) is 5.95. The van der Waals surface area contributed by atoms with E-state index in [1.165, 1.54) is 18.4 Å². The molecule has 0 aliphatic carbocycles. The van der Waals surface area contributed by atoms with Gasteiger partial charge in [-0.15, -0.1) is 0 Å². The lowest BCUT2D eigenvalue weighted by Gasteiger charge is -2.30. The summed E-state index contributed by atoms with van der Waals surface area (Å²) in [6.45, 7) is 5.33. The molecule has 0 saturated carbocycles. The highest BCUT2D eigenvalue weighted by molar-refractivity contribution is 7.88. The molecule has 0 N–H and O–H groups in total. The van der Waals surface area contributed by atoms with Gasteiger partial charge in [0.25, 0.3) is 0 Å². The van der Waals surface area contributed by atoms with Gasteiger partial charge in [-0.2, -0.15) is 0 Å². The van der Waals surface area contributed by atoms with Crippen LogP contribution < -0.4 is 0 Å². The molecule has 1 saturated heterocycles. The van der Waals surface area contributed by atoms with Crippen LogP contribution in [0.4, 0.5) is 4.39 Å². The van der Waals surface area contributed by atoms with E-state index >= 15 is 0 Å². The molecule has 188 valence electrons. The number of aromatic nitrogens is 2. The summed E-state index contributed by atoms with van der Waals surface area (Å²) in [6.07, 6.45) is 6.47. The van der Waals surface area contributed by atoms with Crippen LogP contribution in [0.2, 0.25) is 10.0 Å². The predicted molar refractivity (Wildman–Crippen MR) is 140 cm³/mol. The molecule has 0 amide bonds. The third-order valence-corrected chi connectivity index (χ3v) is 9.06. The highest BCUT2D eigenvalue weighted by atomic mass is 35.5. The van der Waals surface area contributed by atoms with Crippen molar-refractivity contribution in [3.63, 3.8) is 0 Å². The zero-order chi connectivity index (χ0) is 25.4. The average molecular weight is 539 g/mol. The summed E-state index contributed by atoms with van der Waals surface area (Å²) in [5.74, 6) is 1.03. The van der Waals surface area contributed by atoms with E-state index in [1.54, 1.807) is 22.5 Å². The number of halogens is 3. The molecule has 5 nitrogen and oxygen atoms in total. The molecule has 1 fully saturated rings. The van der Waals surface area contributed by atoms with Gasteiger partial charge in [-0.1, -0.05) is 43.1 Å². The van der Waals surface area contributed by atoms with Crippen molar-refractivity contribution in [1.82, 2.24) is 13.9 Å². The van der Waals surface area contributed by atoms with Crippen LogP contribution in [-0.2, 0) is 21.9 Å². The SMILES string of the molecule is CC(C)(c1ccc(Cl)c(Cl)c1)c1cnc(CCC2CCN(S(C)(=O)=O)CC2)n1-c1ccc(F)cc1. The van der Waals surface area contributed by atoms with Gasteiger partial charge in [0, 0.05) is 36.8 Å². The van der Waals surface area contributed by atoms with Crippen LogP contribution in [0.25, 0.3) is 5.69 Å². The zero-order valence-electron chi connectivity index (χ0n) is 20.1. The van der Waals surface area contributed by atoms with Crippen molar-refractivity contribution in [1.29, 1.82) is 0 Å². The van der Waals surface area contributed by atoms with Crippen molar-refractivity contribution < 1.29 is 12.8 Å². The lowest BCUT2D eigenvalue weighted by Crippen LogP contribution is -2.37. The maximum Gasteiger partial charge on any atom is 0.211 e. The normalized spacial score (nSPS) is 16.1. The zero-order valence-corrected chi connectivity index (χ0v) is 22.5. The molecule has 35 heavy (non-hydrogen) atoms. The van der Waals surface area contributed by atoms with Gasteiger partial charge >= 0.3 is 0 Å². The van der Waals surface area contributed by atoms with Gasteiger partial charge < -0.3 is 0 Å². The molecular formula is C26H30Cl2FN3O2S. The van der Waals surface area contributed by atoms with Gasteiger partial charge in [0.2, 0.25) is 10.0 Å². The highest BCUT2D eigenvalue weighted by Gasteiger charge is 2.30. The first kappa shape index (κ1) is 26.1. The Kier molecular flexibility index (Phi) is 7.62. The molecule has 1 aliphatic heterocycles. The molecule has 0 atom stereocenters. The van der Waals surface area contributed by atoms with Crippen LogP contribution in [0.3, 0.4) is 0 Å². The number of benzene rings is 2. The predicted octanol–water partition coefficient (Wildman–Crippen LogP) is 6.25. The van der Waals surface area contributed by atoms with Crippen LogP contribution in [0.15, 0.2) is 48.7 Å². The third-order valence-electron chi connectivity index (χ3n) is 7.02. The molecular weight excluding hydrogens is 508 g/mol. The average Bonchev–Trinajstić information content (AvgIpc) is 3.24. The standard InChI is InChI=1S/C26H30Cl2FN3O2S/c1-26(2,19-5-10-22(27)23(28)16-19)24-17-30-25(32(24)21-8-6-20(29)7-9-21)11-4-18-12-14-31(15-13-18)35(3,33)34/h5-10,16-18H,4,11-15H2,1-3H3. The lowest BCUT2D eigenvalue weighted by atomic mass is 9.81.